The number of halogens is 1. The lowest BCUT2D eigenvalue weighted by molar-refractivity contribution is -0.115. The van der Waals surface area contributed by atoms with Gasteiger partial charge in [-0.25, -0.2) is 4.39 Å². The summed E-state index contributed by atoms with van der Waals surface area (Å²) in [7, 11) is 0. The number of thioether (sulfide) groups is 1. The second-order valence-corrected chi connectivity index (χ2v) is 9.01. The summed E-state index contributed by atoms with van der Waals surface area (Å²) >= 11 is 1.31. The Balaban J connectivity index is 1.37. The van der Waals surface area contributed by atoms with Crippen molar-refractivity contribution in [2.24, 2.45) is 0 Å². The number of ether oxygens (including phenoxy) is 2. The number of anilines is 1. The van der Waals surface area contributed by atoms with Crippen molar-refractivity contribution in [3.8, 4) is 22.9 Å². The molecule has 3 aromatic carbocycles. The molecule has 5 rings (SSSR count). The smallest absolute Gasteiger partial charge is 0.237 e. The van der Waals surface area contributed by atoms with E-state index in [1.807, 2.05) is 41.8 Å². The lowest BCUT2D eigenvalue weighted by Gasteiger charge is -2.14. The molecule has 1 unspecified atom stereocenters. The highest BCUT2D eigenvalue weighted by Crippen LogP contribution is 2.35. The highest BCUT2D eigenvalue weighted by Gasteiger charge is 2.22. The van der Waals surface area contributed by atoms with Crippen LogP contribution in [0.2, 0.25) is 0 Å². The third-order valence-corrected chi connectivity index (χ3v) is 6.37. The van der Waals surface area contributed by atoms with E-state index in [1.165, 1.54) is 23.9 Å². The third kappa shape index (κ3) is 4.74. The highest BCUT2D eigenvalue weighted by molar-refractivity contribution is 8.00. The Morgan fingerprint density at radius 2 is 1.82 bits per heavy atom. The van der Waals surface area contributed by atoms with E-state index in [0.29, 0.717) is 34.7 Å². The molecule has 0 radical (unpaired) electrons. The van der Waals surface area contributed by atoms with Gasteiger partial charge >= 0.3 is 0 Å². The number of amides is 1. The average molecular weight is 477 g/mol. The predicted molar refractivity (Wildman–Crippen MR) is 127 cm³/mol. The lowest BCUT2D eigenvalue weighted by atomic mass is 10.2. The molecule has 0 spiro atoms. The van der Waals surface area contributed by atoms with Crippen molar-refractivity contribution >= 4 is 23.4 Å². The SMILES string of the molecule is CC(Sc1nnc(-c2ccc(F)cc2)n1Cc1ccccc1)C(=O)Nc1ccc2c(c1)OCO2. The number of rotatable bonds is 7. The van der Waals surface area contributed by atoms with Crippen molar-refractivity contribution in [3.05, 3.63) is 84.2 Å². The Hall–Kier alpha value is -3.85. The van der Waals surface area contributed by atoms with Gasteiger partial charge in [-0.2, -0.15) is 0 Å². The molecule has 34 heavy (non-hydrogen) atoms. The number of fused-ring (bicyclic) bond motifs is 1. The van der Waals surface area contributed by atoms with E-state index < -0.39 is 5.25 Å². The van der Waals surface area contributed by atoms with Crippen LogP contribution < -0.4 is 14.8 Å². The first kappa shape index (κ1) is 22.0. The van der Waals surface area contributed by atoms with Gasteiger partial charge in [0.15, 0.2) is 22.5 Å². The van der Waals surface area contributed by atoms with Crippen LogP contribution in [0.5, 0.6) is 11.5 Å². The first-order valence-electron chi connectivity index (χ1n) is 10.7. The van der Waals surface area contributed by atoms with Crippen molar-refractivity contribution in [1.82, 2.24) is 14.8 Å². The van der Waals surface area contributed by atoms with E-state index >= 15 is 0 Å². The fourth-order valence-corrected chi connectivity index (χ4v) is 4.38. The van der Waals surface area contributed by atoms with Gasteiger partial charge in [0.1, 0.15) is 5.82 Å². The molecule has 0 fully saturated rings. The maximum Gasteiger partial charge on any atom is 0.237 e. The normalized spacial score (nSPS) is 13.0. The minimum Gasteiger partial charge on any atom is -0.454 e. The minimum absolute atomic E-state index is 0.173. The molecule has 172 valence electrons. The first-order valence-corrected chi connectivity index (χ1v) is 11.5. The number of hydrogen-bond acceptors (Lipinski definition) is 6. The minimum atomic E-state index is -0.454. The largest absolute Gasteiger partial charge is 0.454 e. The average Bonchev–Trinajstić information content (AvgIpc) is 3.47. The van der Waals surface area contributed by atoms with E-state index in [1.54, 1.807) is 30.3 Å². The van der Waals surface area contributed by atoms with Crippen molar-refractivity contribution in [3.63, 3.8) is 0 Å². The van der Waals surface area contributed by atoms with Gasteiger partial charge in [-0.15, -0.1) is 10.2 Å². The van der Waals surface area contributed by atoms with Crippen LogP contribution >= 0.6 is 11.8 Å². The molecule has 0 aliphatic carbocycles. The van der Waals surface area contributed by atoms with Gasteiger partial charge in [-0.05, 0) is 48.9 Å². The second-order valence-electron chi connectivity index (χ2n) is 7.70. The zero-order chi connectivity index (χ0) is 23.5. The van der Waals surface area contributed by atoms with Crippen LogP contribution in [-0.2, 0) is 11.3 Å². The number of aromatic nitrogens is 3. The Bertz CT molecular complexity index is 1310. The Morgan fingerprint density at radius 1 is 1.06 bits per heavy atom. The molecule has 1 amide bonds. The van der Waals surface area contributed by atoms with Crippen molar-refractivity contribution < 1.29 is 18.7 Å². The van der Waals surface area contributed by atoms with Crippen molar-refractivity contribution in [2.75, 3.05) is 12.1 Å². The molecule has 7 nitrogen and oxygen atoms in total. The summed E-state index contributed by atoms with van der Waals surface area (Å²) in [5, 5.41) is 11.8. The number of nitrogens with zero attached hydrogens (tertiary/aromatic N) is 3. The highest BCUT2D eigenvalue weighted by atomic mass is 32.2. The van der Waals surface area contributed by atoms with Crippen LogP contribution in [0.1, 0.15) is 12.5 Å². The van der Waals surface area contributed by atoms with Gasteiger partial charge in [0, 0.05) is 17.3 Å². The number of carbonyl (C=O) groups excluding carboxylic acids is 1. The monoisotopic (exact) mass is 476 g/mol. The third-order valence-electron chi connectivity index (χ3n) is 5.29. The first-order chi connectivity index (χ1) is 16.6. The van der Waals surface area contributed by atoms with E-state index in [-0.39, 0.29) is 18.5 Å². The molecule has 9 heteroatoms. The zero-order valence-corrected chi connectivity index (χ0v) is 19.1. The molecule has 1 aromatic heterocycles. The van der Waals surface area contributed by atoms with Crippen LogP contribution in [-0.4, -0.2) is 32.7 Å². The summed E-state index contributed by atoms with van der Waals surface area (Å²) in [6, 6.07) is 21.3. The molecule has 1 aliphatic heterocycles. The lowest BCUT2D eigenvalue weighted by Crippen LogP contribution is -2.23. The van der Waals surface area contributed by atoms with Gasteiger partial charge in [-0.1, -0.05) is 42.1 Å². The number of hydrogen-bond donors (Lipinski definition) is 1. The molecule has 2 heterocycles. The maximum absolute atomic E-state index is 13.5. The quantitative estimate of drug-likeness (QED) is 0.379. The Kier molecular flexibility index (Phi) is 6.18. The predicted octanol–water partition coefficient (Wildman–Crippen LogP) is 4.98. The molecule has 1 atom stereocenters. The summed E-state index contributed by atoms with van der Waals surface area (Å²) < 4.78 is 26.1. The molecular weight excluding hydrogens is 455 g/mol. The van der Waals surface area contributed by atoms with Crippen LogP contribution in [0.3, 0.4) is 0 Å². The van der Waals surface area contributed by atoms with E-state index in [4.69, 9.17) is 9.47 Å². The molecular formula is C25H21FN4O3S. The van der Waals surface area contributed by atoms with Gasteiger partial charge in [-0.3, -0.25) is 9.36 Å². The molecule has 1 N–H and O–H groups in total. The van der Waals surface area contributed by atoms with Crippen molar-refractivity contribution in [1.29, 1.82) is 0 Å². The standard InChI is InChI=1S/C25H21FN4O3S/c1-16(24(31)27-20-11-12-21-22(13-20)33-15-32-21)34-25-29-28-23(18-7-9-19(26)10-8-18)30(25)14-17-5-3-2-4-6-17/h2-13,16H,14-15H2,1H3,(H,27,31). The van der Waals surface area contributed by atoms with E-state index in [0.717, 1.165) is 11.1 Å². The summed E-state index contributed by atoms with van der Waals surface area (Å²) in [6.45, 7) is 2.50. The Labute approximate surface area is 199 Å². The number of nitrogens with one attached hydrogen (secondary N) is 1. The van der Waals surface area contributed by atoms with E-state index in [9.17, 15) is 9.18 Å². The van der Waals surface area contributed by atoms with Crippen LogP contribution in [0.4, 0.5) is 10.1 Å². The Morgan fingerprint density at radius 3 is 2.62 bits per heavy atom. The summed E-state index contributed by atoms with van der Waals surface area (Å²) in [6.07, 6.45) is 0. The molecule has 0 saturated heterocycles. The maximum atomic E-state index is 13.5. The summed E-state index contributed by atoms with van der Waals surface area (Å²) in [5.74, 6) is 1.37. The second kappa shape index (κ2) is 9.56. The summed E-state index contributed by atoms with van der Waals surface area (Å²) in [4.78, 5) is 12.9. The van der Waals surface area contributed by atoms with Gasteiger partial charge in [0.25, 0.3) is 0 Å². The van der Waals surface area contributed by atoms with Gasteiger partial charge in [0.2, 0.25) is 12.7 Å². The number of benzene rings is 3. The van der Waals surface area contributed by atoms with Gasteiger partial charge < -0.3 is 14.8 Å². The van der Waals surface area contributed by atoms with E-state index in [2.05, 4.69) is 15.5 Å². The van der Waals surface area contributed by atoms with Crippen LogP contribution in [0.25, 0.3) is 11.4 Å². The zero-order valence-electron chi connectivity index (χ0n) is 18.3. The molecule has 0 saturated carbocycles. The van der Waals surface area contributed by atoms with Crippen LogP contribution in [0, 0.1) is 5.82 Å². The summed E-state index contributed by atoms with van der Waals surface area (Å²) in [5.41, 5.74) is 2.43. The van der Waals surface area contributed by atoms with Crippen molar-refractivity contribution in [2.45, 2.75) is 23.9 Å². The van der Waals surface area contributed by atoms with Gasteiger partial charge in [0.05, 0.1) is 11.8 Å². The molecule has 4 aromatic rings. The fraction of sp³-hybridized carbons (Fsp3) is 0.160. The number of carbonyl (C=O) groups is 1. The fourth-order valence-electron chi connectivity index (χ4n) is 3.53. The molecule has 0 bridgehead atoms. The topological polar surface area (TPSA) is 78.3 Å². The molecule has 1 aliphatic rings. The van der Waals surface area contributed by atoms with Crippen LogP contribution in [0.15, 0.2) is 78.0 Å².